The van der Waals surface area contributed by atoms with Gasteiger partial charge in [-0.25, -0.2) is 24.6 Å². The molecule has 1 aromatic heterocycles. The molecule has 0 radical (unpaired) electrons. The number of hydrogen-bond donors (Lipinski definition) is 3. The van der Waals surface area contributed by atoms with E-state index in [-0.39, 0.29) is 11.1 Å². The van der Waals surface area contributed by atoms with Crippen molar-refractivity contribution in [2.24, 2.45) is 5.10 Å². The number of amides is 2. The SMILES string of the molecule is N#Cc1ccc(/C=N/NC(=O)Nc2cc3c(Nc4ccc(F)c(Cl)c4)ncnc3cc2O[C@H]2CCOC2)cc1. The van der Waals surface area contributed by atoms with Crippen molar-refractivity contribution < 1.29 is 18.7 Å². The molecule has 196 valence electrons. The van der Waals surface area contributed by atoms with Crippen LogP contribution in [0, 0.1) is 17.1 Å². The van der Waals surface area contributed by atoms with Crippen LogP contribution in [0.5, 0.6) is 5.75 Å². The van der Waals surface area contributed by atoms with Crippen LogP contribution in [0.15, 0.2) is 66.0 Å². The normalized spacial score (nSPS) is 14.7. The lowest BCUT2D eigenvalue weighted by molar-refractivity contribution is 0.142. The molecule has 0 saturated carbocycles. The standard InChI is InChI=1S/C27H21ClFN7O3/c28-21-9-18(5-6-22(21)29)34-26-20-10-24(25(11-23(20)31-15-32-26)39-19-7-8-38-14-19)35-27(37)36-33-13-17-3-1-16(12-30)2-4-17/h1-6,9-11,13,15,19H,7-8,14H2,(H,31,32,34)(H2,35,36,37)/b33-13+/t19-/m0/s1. The smallest absolute Gasteiger partial charge is 0.339 e. The second-order valence-electron chi connectivity index (χ2n) is 8.50. The van der Waals surface area contributed by atoms with Crippen molar-refractivity contribution in [2.75, 3.05) is 23.8 Å². The van der Waals surface area contributed by atoms with E-state index in [2.05, 4.69) is 31.1 Å². The Balaban J connectivity index is 1.40. The molecule has 2 amide bonds. The molecule has 1 atom stereocenters. The van der Waals surface area contributed by atoms with Crippen molar-refractivity contribution in [3.05, 3.63) is 82.9 Å². The highest BCUT2D eigenvalue weighted by atomic mass is 35.5. The minimum absolute atomic E-state index is 0.0339. The highest BCUT2D eigenvalue weighted by Gasteiger charge is 2.21. The van der Waals surface area contributed by atoms with Crippen LogP contribution in [0.25, 0.3) is 10.9 Å². The molecule has 0 unspecified atom stereocenters. The fourth-order valence-corrected chi connectivity index (χ4v) is 4.01. The fraction of sp³-hybridized carbons (Fsp3) is 0.148. The molecule has 1 aliphatic heterocycles. The molecule has 2 heterocycles. The molecule has 0 spiro atoms. The van der Waals surface area contributed by atoms with E-state index in [4.69, 9.17) is 26.3 Å². The van der Waals surface area contributed by atoms with E-state index < -0.39 is 11.8 Å². The summed E-state index contributed by atoms with van der Waals surface area (Å²) in [5.41, 5.74) is 5.08. The van der Waals surface area contributed by atoms with Gasteiger partial charge in [-0.15, -0.1) is 0 Å². The summed E-state index contributed by atoms with van der Waals surface area (Å²) >= 11 is 5.92. The van der Waals surface area contributed by atoms with Crippen LogP contribution in [-0.4, -0.2) is 41.5 Å². The topological polar surface area (TPSA) is 134 Å². The summed E-state index contributed by atoms with van der Waals surface area (Å²) in [6, 6.07) is 15.8. The van der Waals surface area contributed by atoms with E-state index in [1.165, 1.54) is 30.7 Å². The zero-order valence-electron chi connectivity index (χ0n) is 20.3. The predicted molar refractivity (Wildman–Crippen MR) is 145 cm³/mol. The lowest BCUT2D eigenvalue weighted by Gasteiger charge is -2.18. The van der Waals surface area contributed by atoms with Crippen LogP contribution in [0.2, 0.25) is 5.02 Å². The first-order chi connectivity index (χ1) is 19.0. The minimum Gasteiger partial charge on any atom is -0.486 e. The van der Waals surface area contributed by atoms with Gasteiger partial charge in [-0.3, -0.25) is 0 Å². The number of halogens is 2. The van der Waals surface area contributed by atoms with Gasteiger partial charge >= 0.3 is 6.03 Å². The van der Waals surface area contributed by atoms with Gasteiger partial charge in [0.15, 0.2) is 0 Å². The number of hydrogen-bond acceptors (Lipinski definition) is 8. The van der Waals surface area contributed by atoms with Gasteiger partial charge in [-0.2, -0.15) is 10.4 Å². The third-order valence-corrected chi connectivity index (χ3v) is 6.06. The van der Waals surface area contributed by atoms with E-state index in [1.54, 1.807) is 36.4 Å². The van der Waals surface area contributed by atoms with Gasteiger partial charge in [-0.05, 0) is 42.0 Å². The molecule has 12 heteroatoms. The largest absolute Gasteiger partial charge is 0.486 e. The number of urea groups is 1. The van der Waals surface area contributed by atoms with Gasteiger partial charge in [-0.1, -0.05) is 23.7 Å². The van der Waals surface area contributed by atoms with Gasteiger partial charge in [0.05, 0.1) is 47.3 Å². The van der Waals surface area contributed by atoms with E-state index in [0.717, 1.165) is 0 Å². The minimum atomic E-state index is -0.608. The molecule has 3 N–H and O–H groups in total. The van der Waals surface area contributed by atoms with Crippen molar-refractivity contribution >= 4 is 51.9 Å². The average Bonchev–Trinajstić information content (AvgIpc) is 3.45. The lowest BCUT2D eigenvalue weighted by atomic mass is 10.1. The Hall–Kier alpha value is -4.79. The van der Waals surface area contributed by atoms with Gasteiger partial charge in [0.25, 0.3) is 0 Å². The van der Waals surface area contributed by atoms with Crippen molar-refractivity contribution in [2.45, 2.75) is 12.5 Å². The van der Waals surface area contributed by atoms with E-state index in [9.17, 15) is 9.18 Å². The van der Waals surface area contributed by atoms with Gasteiger partial charge in [0, 0.05) is 23.6 Å². The summed E-state index contributed by atoms with van der Waals surface area (Å²) in [5.74, 6) is 0.284. The molecule has 1 aliphatic rings. The third kappa shape index (κ3) is 6.38. The van der Waals surface area contributed by atoms with Crippen LogP contribution in [-0.2, 0) is 4.74 Å². The summed E-state index contributed by atoms with van der Waals surface area (Å²) in [5, 5.41) is 19.3. The first kappa shape index (κ1) is 25.8. The van der Waals surface area contributed by atoms with Crippen LogP contribution in [0.3, 0.4) is 0 Å². The van der Waals surface area contributed by atoms with Crippen LogP contribution < -0.4 is 20.8 Å². The highest BCUT2D eigenvalue weighted by molar-refractivity contribution is 6.31. The van der Waals surface area contributed by atoms with Gasteiger partial charge in [0.2, 0.25) is 0 Å². The van der Waals surface area contributed by atoms with Crippen LogP contribution in [0.1, 0.15) is 17.5 Å². The monoisotopic (exact) mass is 545 g/mol. The summed E-state index contributed by atoms with van der Waals surface area (Å²) in [7, 11) is 0. The van der Waals surface area contributed by atoms with Crippen LogP contribution in [0.4, 0.5) is 26.4 Å². The van der Waals surface area contributed by atoms with Crippen molar-refractivity contribution in [1.82, 2.24) is 15.4 Å². The number of nitrogens with one attached hydrogen (secondary N) is 3. The summed E-state index contributed by atoms with van der Waals surface area (Å²) in [6.07, 6.45) is 3.37. The molecule has 10 nitrogen and oxygen atoms in total. The zero-order valence-corrected chi connectivity index (χ0v) is 21.1. The fourth-order valence-electron chi connectivity index (χ4n) is 3.83. The molecule has 39 heavy (non-hydrogen) atoms. The number of carbonyl (C=O) groups is 1. The molecule has 3 aromatic carbocycles. The Bertz CT molecular complexity index is 1590. The number of benzene rings is 3. The number of aromatic nitrogens is 2. The number of rotatable bonds is 7. The van der Waals surface area contributed by atoms with Gasteiger partial charge < -0.3 is 20.1 Å². The number of ether oxygens (including phenoxy) is 2. The van der Waals surface area contributed by atoms with Crippen molar-refractivity contribution in [3.8, 4) is 11.8 Å². The quantitative estimate of drug-likeness (QED) is 0.210. The maximum Gasteiger partial charge on any atom is 0.339 e. The summed E-state index contributed by atoms with van der Waals surface area (Å²) < 4.78 is 25.2. The number of hydrazone groups is 1. The number of nitriles is 1. The maximum absolute atomic E-state index is 13.6. The first-order valence-corrected chi connectivity index (χ1v) is 12.2. The number of fused-ring (bicyclic) bond motifs is 1. The van der Waals surface area contributed by atoms with Crippen molar-refractivity contribution in [1.29, 1.82) is 5.26 Å². The summed E-state index contributed by atoms with van der Waals surface area (Å²) in [6.45, 7) is 1.02. The number of anilines is 3. The zero-order chi connectivity index (χ0) is 27.2. The highest BCUT2D eigenvalue weighted by Crippen LogP contribution is 2.35. The number of nitrogens with zero attached hydrogens (tertiary/aromatic N) is 4. The second-order valence-corrected chi connectivity index (χ2v) is 8.91. The summed E-state index contributed by atoms with van der Waals surface area (Å²) in [4.78, 5) is 21.4. The second kappa shape index (κ2) is 11.7. The molecule has 0 aliphatic carbocycles. The Kier molecular flexibility index (Phi) is 7.77. The number of carbonyl (C=O) groups excluding carboxylic acids is 1. The molecule has 1 fully saturated rings. The Morgan fingerprint density at radius 3 is 2.79 bits per heavy atom. The molecule has 5 rings (SSSR count). The van der Waals surface area contributed by atoms with E-state index in [0.29, 0.717) is 64.6 Å². The van der Waals surface area contributed by atoms with Crippen LogP contribution >= 0.6 is 11.6 Å². The first-order valence-electron chi connectivity index (χ1n) is 11.8. The lowest BCUT2D eigenvalue weighted by Crippen LogP contribution is -2.25. The molecular weight excluding hydrogens is 525 g/mol. The van der Waals surface area contributed by atoms with Crippen molar-refractivity contribution in [3.63, 3.8) is 0 Å². The molecular formula is C27H21ClFN7O3. The maximum atomic E-state index is 13.6. The third-order valence-electron chi connectivity index (χ3n) is 5.77. The Morgan fingerprint density at radius 2 is 2.05 bits per heavy atom. The predicted octanol–water partition coefficient (Wildman–Crippen LogP) is 5.36. The average molecular weight is 546 g/mol. The molecule has 1 saturated heterocycles. The van der Waals surface area contributed by atoms with E-state index in [1.807, 2.05) is 6.07 Å². The molecule has 0 bridgehead atoms. The molecule has 4 aromatic rings. The van der Waals surface area contributed by atoms with Gasteiger partial charge in [0.1, 0.15) is 29.8 Å². The van der Waals surface area contributed by atoms with E-state index >= 15 is 0 Å². The Labute approximate surface area is 227 Å². The Morgan fingerprint density at radius 1 is 1.21 bits per heavy atom.